The molecule has 0 unspecified atom stereocenters. The molecule has 5 bridgehead atoms. The summed E-state index contributed by atoms with van der Waals surface area (Å²) in [5.74, 6) is -3.99. The van der Waals surface area contributed by atoms with Gasteiger partial charge in [-0.05, 0) is 31.6 Å². The van der Waals surface area contributed by atoms with E-state index in [1.165, 1.54) is 0 Å². The van der Waals surface area contributed by atoms with Gasteiger partial charge in [0.15, 0.2) is 12.1 Å². The number of hydrogen-bond acceptors (Lipinski definition) is 11. The topological polar surface area (TPSA) is 190 Å². The smallest absolute Gasteiger partial charge is 0.187 e. The molecule has 6 fully saturated rings. The average Bonchev–Trinajstić information content (AvgIpc) is 3.22. The van der Waals surface area contributed by atoms with Crippen LogP contribution in [-0.2, 0) is 14.2 Å². The van der Waals surface area contributed by atoms with Crippen molar-refractivity contribution in [3.05, 3.63) is 0 Å². The Balaban J connectivity index is 1.53. The van der Waals surface area contributed by atoms with E-state index in [1.807, 2.05) is 6.92 Å². The van der Waals surface area contributed by atoms with Crippen LogP contribution in [0.2, 0.25) is 0 Å². The van der Waals surface area contributed by atoms with E-state index < -0.39 is 101 Å². The van der Waals surface area contributed by atoms with Gasteiger partial charge >= 0.3 is 0 Å². The van der Waals surface area contributed by atoms with Crippen molar-refractivity contribution < 1.29 is 55.1 Å². The molecule has 2 aliphatic heterocycles. The van der Waals surface area contributed by atoms with Crippen LogP contribution in [-0.4, -0.2) is 113 Å². The number of aliphatic hydroxyl groups is 8. The summed E-state index contributed by atoms with van der Waals surface area (Å²) in [6, 6.07) is 0. The highest BCUT2D eigenvalue weighted by atomic mass is 16.7. The van der Waals surface area contributed by atoms with Crippen molar-refractivity contribution >= 4 is 0 Å². The molecule has 4 saturated carbocycles. The van der Waals surface area contributed by atoms with E-state index in [0.29, 0.717) is 12.8 Å². The van der Waals surface area contributed by atoms with Crippen LogP contribution in [0.1, 0.15) is 53.9 Å². The van der Waals surface area contributed by atoms with E-state index in [0.717, 1.165) is 0 Å². The van der Waals surface area contributed by atoms with Gasteiger partial charge in [0.1, 0.15) is 35.6 Å². The minimum atomic E-state index is -1.98. The summed E-state index contributed by atoms with van der Waals surface area (Å²) < 4.78 is 18.3. The lowest BCUT2D eigenvalue weighted by Gasteiger charge is -2.65. The Morgan fingerprint density at radius 1 is 1.00 bits per heavy atom. The lowest BCUT2D eigenvalue weighted by atomic mass is 9.41. The maximum Gasteiger partial charge on any atom is 0.187 e. The first-order valence-corrected chi connectivity index (χ1v) is 13.5. The largest absolute Gasteiger partial charge is 0.394 e. The first-order chi connectivity index (χ1) is 17.0. The lowest BCUT2D eigenvalue weighted by molar-refractivity contribution is -0.342. The lowest BCUT2D eigenvalue weighted by Crippen LogP contribution is -2.77. The molecule has 212 valence electrons. The minimum Gasteiger partial charge on any atom is -0.394 e. The number of hydrogen-bond donors (Lipinski definition) is 8. The Kier molecular flexibility index (Phi) is 5.38. The maximum atomic E-state index is 12.8. The molecule has 6 rings (SSSR count). The third-order valence-electron chi connectivity index (χ3n) is 12.1. The summed E-state index contributed by atoms with van der Waals surface area (Å²) in [5, 5.41) is 90.9. The molecule has 37 heavy (non-hydrogen) atoms. The number of ether oxygens (including phenoxy) is 3. The third kappa shape index (κ3) is 2.50. The van der Waals surface area contributed by atoms with E-state index >= 15 is 0 Å². The van der Waals surface area contributed by atoms with Gasteiger partial charge in [0.25, 0.3) is 0 Å². The highest BCUT2D eigenvalue weighted by Gasteiger charge is 2.97. The predicted octanol–water partition coefficient (Wildman–Crippen LogP) is -1.79. The average molecular weight is 531 g/mol. The number of rotatable bonds is 4. The number of fused-ring (bicyclic) bond motifs is 3. The monoisotopic (exact) mass is 530 g/mol. The minimum absolute atomic E-state index is 0.00144. The van der Waals surface area contributed by atoms with Crippen molar-refractivity contribution in [2.75, 3.05) is 6.61 Å². The third-order valence-corrected chi connectivity index (χ3v) is 12.1. The standard InChI is InChI=1S/C26H42O11/c1-10(2)25(33)19(36-20-16(30)15(29)14(28)12(8-27)35-20)17-21(4)9-24(32)22(25,5)26(17,34)18(37-24)13-11(3)6-7-23(13,21)31/h10-20,27-34H,6-9H2,1-5H3/t11-,12-,13+,14-,15+,16-,17+,18-,19-,20+,21-,22+,23-,24+,25-,26-/m1/s1. The first-order valence-electron chi connectivity index (χ1n) is 13.5. The van der Waals surface area contributed by atoms with Gasteiger partial charge in [-0.15, -0.1) is 0 Å². The van der Waals surface area contributed by atoms with E-state index in [9.17, 15) is 40.9 Å². The van der Waals surface area contributed by atoms with Crippen LogP contribution in [0, 0.1) is 34.5 Å². The van der Waals surface area contributed by atoms with Crippen molar-refractivity contribution in [3.63, 3.8) is 0 Å². The zero-order chi connectivity index (χ0) is 27.3. The van der Waals surface area contributed by atoms with Crippen LogP contribution < -0.4 is 0 Å². The molecule has 0 amide bonds. The van der Waals surface area contributed by atoms with Crippen LogP contribution in [0.15, 0.2) is 0 Å². The van der Waals surface area contributed by atoms with Crippen LogP contribution in [0.25, 0.3) is 0 Å². The fraction of sp³-hybridized carbons (Fsp3) is 1.00. The molecule has 0 aromatic heterocycles. The molecular formula is C26H42O11. The molecule has 2 saturated heterocycles. The maximum absolute atomic E-state index is 12.8. The van der Waals surface area contributed by atoms with Gasteiger partial charge in [-0.25, -0.2) is 0 Å². The molecule has 6 aliphatic rings. The van der Waals surface area contributed by atoms with Crippen LogP contribution in [0.5, 0.6) is 0 Å². The second kappa shape index (κ2) is 7.44. The van der Waals surface area contributed by atoms with E-state index in [4.69, 9.17) is 14.2 Å². The van der Waals surface area contributed by atoms with Crippen molar-refractivity contribution in [2.24, 2.45) is 34.5 Å². The van der Waals surface area contributed by atoms with Gasteiger partial charge in [-0.2, -0.15) is 0 Å². The molecule has 2 heterocycles. The van der Waals surface area contributed by atoms with Gasteiger partial charge in [0.05, 0.1) is 29.8 Å². The van der Waals surface area contributed by atoms with E-state index in [1.54, 1.807) is 27.7 Å². The highest BCUT2D eigenvalue weighted by molar-refractivity contribution is 5.43. The van der Waals surface area contributed by atoms with E-state index in [2.05, 4.69) is 0 Å². The Bertz CT molecular complexity index is 978. The van der Waals surface area contributed by atoms with Crippen LogP contribution >= 0.6 is 0 Å². The van der Waals surface area contributed by atoms with Crippen molar-refractivity contribution in [3.8, 4) is 0 Å². The molecule has 0 spiro atoms. The van der Waals surface area contributed by atoms with Gasteiger partial charge in [0, 0.05) is 23.7 Å². The fourth-order valence-electron chi connectivity index (χ4n) is 10.2. The molecule has 16 atom stereocenters. The fourth-order valence-corrected chi connectivity index (χ4v) is 10.2. The van der Waals surface area contributed by atoms with Crippen LogP contribution in [0.4, 0.5) is 0 Å². The SMILES string of the molecule is CC(C)[C@@]1(O)[C@H](O[C@@H]2O[C@H](CO)[C@@H](O)[C@H](O)[C@H]2O)[C@@H]2[C@@]3(O)[C@@H]4O[C@@](O)(C[C@@]2(C)[C@@]2(O)CC[C@@H](C)[C@@H]42)[C@]31C. The zero-order valence-electron chi connectivity index (χ0n) is 22.0. The second-order valence-corrected chi connectivity index (χ2v) is 13.5. The predicted molar refractivity (Wildman–Crippen MR) is 124 cm³/mol. The second-order valence-electron chi connectivity index (χ2n) is 13.5. The first kappa shape index (κ1) is 26.8. The van der Waals surface area contributed by atoms with Gasteiger partial charge in [-0.1, -0.05) is 27.7 Å². The molecular weight excluding hydrogens is 488 g/mol. The van der Waals surface area contributed by atoms with E-state index in [-0.39, 0.29) is 12.3 Å². The summed E-state index contributed by atoms with van der Waals surface area (Å²) in [7, 11) is 0. The van der Waals surface area contributed by atoms with Gasteiger partial charge in [-0.3, -0.25) is 0 Å². The van der Waals surface area contributed by atoms with Crippen LogP contribution in [0.3, 0.4) is 0 Å². The summed E-state index contributed by atoms with van der Waals surface area (Å²) in [5.41, 5.74) is -7.85. The number of aliphatic hydroxyl groups excluding tert-OH is 4. The van der Waals surface area contributed by atoms with Crippen molar-refractivity contribution in [1.82, 2.24) is 0 Å². The van der Waals surface area contributed by atoms with Gasteiger partial charge < -0.3 is 55.1 Å². The molecule has 0 aromatic rings. The normalized spacial score (nSPS) is 66.0. The van der Waals surface area contributed by atoms with Crippen molar-refractivity contribution in [2.45, 2.75) is 119 Å². The summed E-state index contributed by atoms with van der Waals surface area (Å²) >= 11 is 0. The summed E-state index contributed by atoms with van der Waals surface area (Å²) in [6.45, 7) is 8.25. The summed E-state index contributed by atoms with van der Waals surface area (Å²) in [4.78, 5) is 0. The quantitative estimate of drug-likeness (QED) is 0.205. The summed E-state index contributed by atoms with van der Waals surface area (Å²) in [6.07, 6.45) is -8.94. The molecule has 4 aliphatic carbocycles. The molecule has 11 heteroatoms. The highest BCUT2D eigenvalue weighted by Crippen LogP contribution is 2.84. The molecule has 8 N–H and O–H groups in total. The molecule has 0 radical (unpaired) electrons. The molecule has 0 aromatic carbocycles. The Hall–Kier alpha value is -0.440. The Labute approximate surface area is 216 Å². The van der Waals surface area contributed by atoms with Crippen molar-refractivity contribution in [1.29, 1.82) is 0 Å². The Morgan fingerprint density at radius 3 is 2.24 bits per heavy atom. The molecule has 11 nitrogen and oxygen atoms in total. The Morgan fingerprint density at radius 2 is 1.65 bits per heavy atom. The van der Waals surface area contributed by atoms with Gasteiger partial charge in [0.2, 0.25) is 0 Å². The zero-order valence-corrected chi connectivity index (χ0v) is 22.0.